The highest BCUT2D eigenvalue weighted by Crippen LogP contribution is 2.35. The molecule has 10 heteroatoms. The molecule has 0 spiro atoms. The van der Waals surface area contributed by atoms with Gasteiger partial charge in [-0.25, -0.2) is 15.0 Å². The molecule has 1 aliphatic rings. The Balaban J connectivity index is 1.70. The number of carbonyl (C=O) groups is 1. The summed E-state index contributed by atoms with van der Waals surface area (Å²) in [4.78, 5) is 30.1. The quantitative estimate of drug-likeness (QED) is 0.249. The third-order valence-corrected chi connectivity index (χ3v) is 7.65. The van der Waals surface area contributed by atoms with Crippen LogP contribution in [-0.2, 0) is 12.7 Å². The average Bonchev–Trinajstić information content (AvgIpc) is 3.20. The maximum absolute atomic E-state index is 13.2. The number of alkyl halides is 3. The van der Waals surface area contributed by atoms with Crippen LogP contribution in [-0.4, -0.2) is 36.8 Å². The van der Waals surface area contributed by atoms with Gasteiger partial charge in [0.15, 0.2) is 29.4 Å². The summed E-state index contributed by atoms with van der Waals surface area (Å²) in [6.07, 6.45) is 1.32. The molecule has 3 heterocycles. The maximum Gasteiger partial charge on any atom is 0.416 e. The van der Waals surface area contributed by atoms with Crippen molar-refractivity contribution in [2.75, 3.05) is 5.32 Å². The Morgan fingerprint density at radius 2 is 1.79 bits per heavy atom. The molecule has 1 aromatic carbocycles. The smallest absolute Gasteiger partial charge is 0.365 e. The third-order valence-electron chi connectivity index (χ3n) is 7.65. The van der Waals surface area contributed by atoms with Crippen molar-refractivity contribution in [1.82, 2.24) is 24.5 Å². The summed E-state index contributed by atoms with van der Waals surface area (Å²) < 4.78 is 41.5. The lowest BCUT2D eigenvalue weighted by molar-refractivity contribution is -0.137. The van der Waals surface area contributed by atoms with E-state index in [0.717, 1.165) is 36.1 Å². The van der Waals surface area contributed by atoms with Gasteiger partial charge in [0.25, 0.3) is 0 Å². The molecular weight excluding hydrogens is 505 g/mol. The number of hydrogen-bond donors (Lipinski definition) is 1. The number of aldehydes is 1. The molecule has 3 aromatic heterocycles. The van der Waals surface area contributed by atoms with E-state index in [4.69, 9.17) is 4.98 Å². The Bertz CT molecular complexity index is 1510. The van der Waals surface area contributed by atoms with Gasteiger partial charge in [-0.2, -0.15) is 13.2 Å². The molecule has 0 unspecified atom stereocenters. The molecule has 1 fully saturated rings. The normalized spacial score (nSPS) is 15.0. The number of benzene rings is 1. The summed E-state index contributed by atoms with van der Waals surface area (Å²) in [7, 11) is 0. The first kappa shape index (κ1) is 26.8. The van der Waals surface area contributed by atoms with Gasteiger partial charge in [-0.15, -0.1) is 0 Å². The number of halogens is 3. The van der Waals surface area contributed by atoms with E-state index in [0.29, 0.717) is 46.3 Å². The van der Waals surface area contributed by atoms with Crippen molar-refractivity contribution in [3.8, 4) is 11.5 Å². The van der Waals surface area contributed by atoms with Crippen molar-refractivity contribution in [2.24, 2.45) is 5.92 Å². The third kappa shape index (κ3) is 5.24. The van der Waals surface area contributed by atoms with Crippen LogP contribution < -0.4 is 5.32 Å². The largest absolute Gasteiger partial charge is 0.416 e. The van der Waals surface area contributed by atoms with Crippen LogP contribution in [0.25, 0.3) is 22.7 Å². The van der Waals surface area contributed by atoms with E-state index >= 15 is 0 Å². The number of pyridine rings is 1. The van der Waals surface area contributed by atoms with E-state index in [1.54, 1.807) is 6.20 Å². The van der Waals surface area contributed by atoms with Gasteiger partial charge in [-0.1, -0.05) is 32.4 Å². The molecule has 4 aromatic rings. The Labute approximate surface area is 224 Å². The van der Waals surface area contributed by atoms with Gasteiger partial charge in [-0.05, 0) is 73.4 Å². The second-order valence-electron chi connectivity index (χ2n) is 10.6. The molecule has 0 bridgehead atoms. The summed E-state index contributed by atoms with van der Waals surface area (Å²) in [5, 5.41) is 3.49. The molecule has 0 amide bonds. The predicted molar refractivity (Wildman–Crippen MR) is 144 cm³/mol. The molecular formula is C29H31F3N6O. The summed E-state index contributed by atoms with van der Waals surface area (Å²) in [5.41, 5.74) is 3.57. The molecule has 5 rings (SSSR count). The number of anilines is 1. The van der Waals surface area contributed by atoms with Crippen LogP contribution in [0.2, 0.25) is 0 Å². The van der Waals surface area contributed by atoms with Crippen LogP contribution in [0, 0.1) is 12.8 Å². The van der Waals surface area contributed by atoms with Gasteiger partial charge >= 0.3 is 6.18 Å². The monoisotopic (exact) mass is 536 g/mol. The lowest BCUT2D eigenvalue weighted by Gasteiger charge is -2.32. The Kier molecular flexibility index (Phi) is 7.13. The Hall–Kier alpha value is -3.82. The zero-order valence-corrected chi connectivity index (χ0v) is 22.4. The van der Waals surface area contributed by atoms with E-state index in [-0.39, 0.29) is 24.3 Å². The summed E-state index contributed by atoms with van der Waals surface area (Å²) in [5.74, 6) is 1.75. The maximum atomic E-state index is 13.2. The van der Waals surface area contributed by atoms with Gasteiger partial charge < -0.3 is 9.88 Å². The first-order chi connectivity index (χ1) is 18.6. The van der Waals surface area contributed by atoms with Gasteiger partial charge in [0, 0.05) is 18.8 Å². The summed E-state index contributed by atoms with van der Waals surface area (Å²) in [6, 6.07) is 7.18. The van der Waals surface area contributed by atoms with Crippen LogP contribution in [0.15, 0.2) is 36.5 Å². The highest BCUT2D eigenvalue weighted by Gasteiger charge is 2.30. The number of hydrogen-bond acceptors (Lipinski definition) is 6. The van der Waals surface area contributed by atoms with E-state index in [1.165, 1.54) is 18.6 Å². The van der Waals surface area contributed by atoms with E-state index in [2.05, 4.69) is 41.0 Å². The van der Waals surface area contributed by atoms with Gasteiger partial charge in [-0.3, -0.25) is 9.78 Å². The Morgan fingerprint density at radius 1 is 1.08 bits per heavy atom. The zero-order valence-electron chi connectivity index (χ0n) is 22.4. The van der Waals surface area contributed by atoms with E-state index < -0.39 is 11.7 Å². The fourth-order valence-electron chi connectivity index (χ4n) is 5.20. The van der Waals surface area contributed by atoms with Crippen LogP contribution in [0.5, 0.6) is 0 Å². The SMILES string of the molecule is Cc1c(C(C)C)ccnc1-c1nc2nc(C=O)nc(N[C@H](C)C3CCC3)c2n1Cc1ccc(C(F)(F)F)cc1. The number of fused-ring (bicyclic) bond motifs is 1. The van der Waals surface area contributed by atoms with Crippen molar-refractivity contribution in [3.05, 3.63) is 64.6 Å². The molecule has 39 heavy (non-hydrogen) atoms. The minimum absolute atomic E-state index is 0.0113. The van der Waals surface area contributed by atoms with Crippen molar-refractivity contribution in [1.29, 1.82) is 0 Å². The molecule has 1 saturated carbocycles. The summed E-state index contributed by atoms with van der Waals surface area (Å²) >= 11 is 0. The van der Waals surface area contributed by atoms with Gasteiger partial charge in [0.2, 0.25) is 0 Å². The predicted octanol–water partition coefficient (Wildman–Crippen LogP) is 6.80. The average molecular weight is 537 g/mol. The fraction of sp³-hybridized carbons (Fsp3) is 0.414. The lowest BCUT2D eigenvalue weighted by atomic mass is 9.80. The standard InChI is InChI=1S/C29H31F3N6O/c1-16(2)22-12-13-33-24(17(22)3)28-37-27-25(38(28)14-19-8-10-21(11-9-19)29(30,31)32)26(35-23(15-39)36-27)34-18(4)20-6-5-7-20/h8-13,15-16,18,20H,5-7,14H2,1-4H3,(H,34,35,36)/t18-/m1/s1. The van der Waals surface area contributed by atoms with Crippen molar-refractivity contribution in [3.63, 3.8) is 0 Å². The number of imidazole rings is 1. The minimum Gasteiger partial charge on any atom is -0.365 e. The number of carbonyl (C=O) groups excluding carboxylic acids is 1. The summed E-state index contributed by atoms with van der Waals surface area (Å²) in [6.45, 7) is 8.49. The van der Waals surface area contributed by atoms with Crippen LogP contribution in [0.3, 0.4) is 0 Å². The highest BCUT2D eigenvalue weighted by atomic mass is 19.4. The molecule has 204 valence electrons. The second-order valence-corrected chi connectivity index (χ2v) is 10.6. The van der Waals surface area contributed by atoms with E-state index in [1.807, 2.05) is 17.6 Å². The van der Waals surface area contributed by atoms with Crippen LogP contribution in [0.4, 0.5) is 19.0 Å². The number of rotatable bonds is 8. The van der Waals surface area contributed by atoms with Crippen molar-refractivity contribution in [2.45, 2.75) is 71.6 Å². The molecule has 1 aliphatic carbocycles. The molecule has 0 radical (unpaired) electrons. The molecule has 7 nitrogen and oxygen atoms in total. The second kappa shape index (κ2) is 10.4. The Morgan fingerprint density at radius 3 is 2.38 bits per heavy atom. The first-order valence-corrected chi connectivity index (χ1v) is 13.2. The fourth-order valence-corrected chi connectivity index (χ4v) is 5.20. The van der Waals surface area contributed by atoms with Crippen molar-refractivity contribution >= 4 is 23.3 Å². The number of nitrogens with one attached hydrogen (secondary N) is 1. The van der Waals surface area contributed by atoms with Crippen LogP contribution >= 0.6 is 0 Å². The van der Waals surface area contributed by atoms with Crippen molar-refractivity contribution < 1.29 is 18.0 Å². The highest BCUT2D eigenvalue weighted by molar-refractivity contribution is 5.89. The van der Waals surface area contributed by atoms with Gasteiger partial charge in [0.05, 0.1) is 5.56 Å². The van der Waals surface area contributed by atoms with Crippen LogP contribution in [0.1, 0.15) is 78.8 Å². The molecule has 0 saturated heterocycles. The topological polar surface area (TPSA) is 85.6 Å². The molecule has 0 aliphatic heterocycles. The lowest BCUT2D eigenvalue weighted by Crippen LogP contribution is -2.31. The molecule has 1 atom stereocenters. The molecule has 1 N–H and O–H groups in total. The minimum atomic E-state index is -4.42. The first-order valence-electron chi connectivity index (χ1n) is 13.2. The zero-order chi connectivity index (χ0) is 27.9. The van der Waals surface area contributed by atoms with Gasteiger partial charge in [0.1, 0.15) is 11.2 Å². The number of aromatic nitrogens is 5. The number of nitrogens with zero attached hydrogens (tertiary/aromatic N) is 5. The van der Waals surface area contributed by atoms with E-state index in [9.17, 15) is 18.0 Å².